The van der Waals surface area contributed by atoms with Gasteiger partial charge in [-0.05, 0) is 42.4 Å². The molecule has 5 heteroatoms. The lowest BCUT2D eigenvalue weighted by molar-refractivity contribution is -0.137. The van der Waals surface area contributed by atoms with E-state index in [1.165, 1.54) is 25.0 Å². The van der Waals surface area contributed by atoms with Crippen LogP contribution in [0, 0.1) is 11.8 Å². The molecule has 2 aliphatic rings. The molecule has 116 valence electrons. The molecule has 2 N–H and O–H groups in total. The zero-order chi connectivity index (χ0) is 15.0. The first kappa shape index (κ1) is 14.9. The molecule has 2 nitrogen and oxygen atoms in total. The van der Waals surface area contributed by atoms with Gasteiger partial charge in [-0.3, -0.25) is 4.90 Å². The van der Waals surface area contributed by atoms with Gasteiger partial charge in [0.1, 0.15) is 0 Å². The predicted molar refractivity (Wildman–Crippen MR) is 75.5 cm³/mol. The van der Waals surface area contributed by atoms with Crippen LogP contribution < -0.4 is 5.73 Å². The van der Waals surface area contributed by atoms with Crippen LogP contribution in [-0.4, -0.2) is 24.0 Å². The van der Waals surface area contributed by atoms with Crippen LogP contribution in [0.3, 0.4) is 0 Å². The van der Waals surface area contributed by atoms with Gasteiger partial charge in [-0.25, -0.2) is 0 Å². The molecule has 1 aliphatic heterocycles. The van der Waals surface area contributed by atoms with E-state index in [0.29, 0.717) is 17.9 Å². The SMILES string of the molecule is NC1CCCC2CN(Cc3ccc(C(F)(F)F)cc3)CC12. The molecular formula is C16H21F3N2. The second-order valence-corrected chi connectivity index (χ2v) is 6.41. The highest BCUT2D eigenvalue weighted by Gasteiger charge is 2.38. The zero-order valence-corrected chi connectivity index (χ0v) is 11.9. The topological polar surface area (TPSA) is 29.3 Å². The van der Waals surface area contributed by atoms with Crippen LogP contribution >= 0.6 is 0 Å². The van der Waals surface area contributed by atoms with E-state index < -0.39 is 11.7 Å². The smallest absolute Gasteiger partial charge is 0.327 e. The summed E-state index contributed by atoms with van der Waals surface area (Å²) in [5, 5.41) is 0. The third kappa shape index (κ3) is 3.24. The highest BCUT2D eigenvalue weighted by molar-refractivity contribution is 5.24. The molecule has 1 aliphatic carbocycles. The number of halogens is 3. The molecule has 3 unspecified atom stereocenters. The molecule has 1 saturated heterocycles. The van der Waals surface area contributed by atoms with Crippen molar-refractivity contribution in [3.05, 3.63) is 35.4 Å². The van der Waals surface area contributed by atoms with E-state index >= 15 is 0 Å². The monoisotopic (exact) mass is 298 g/mol. The Balaban J connectivity index is 1.62. The first-order valence-electron chi connectivity index (χ1n) is 7.57. The van der Waals surface area contributed by atoms with E-state index in [0.717, 1.165) is 31.6 Å². The largest absolute Gasteiger partial charge is 0.416 e. The molecule has 1 heterocycles. The maximum absolute atomic E-state index is 12.5. The van der Waals surface area contributed by atoms with Crippen molar-refractivity contribution in [3.63, 3.8) is 0 Å². The van der Waals surface area contributed by atoms with Crippen LogP contribution in [0.15, 0.2) is 24.3 Å². The van der Waals surface area contributed by atoms with Gasteiger partial charge in [0.05, 0.1) is 5.56 Å². The minimum absolute atomic E-state index is 0.293. The van der Waals surface area contributed by atoms with Crippen molar-refractivity contribution in [1.82, 2.24) is 4.90 Å². The van der Waals surface area contributed by atoms with Crippen molar-refractivity contribution in [2.24, 2.45) is 17.6 Å². The van der Waals surface area contributed by atoms with E-state index in [2.05, 4.69) is 4.90 Å². The van der Waals surface area contributed by atoms with Crippen molar-refractivity contribution >= 4 is 0 Å². The first-order valence-corrected chi connectivity index (χ1v) is 7.57. The molecule has 3 rings (SSSR count). The second kappa shape index (κ2) is 5.61. The Kier molecular flexibility index (Phi) is 3.97. The minimum Gasteiger partial charge on any atom is -0.327 e. The molecule has 0 aromatic heterocycles. The van der Waals surface area contributed by atoms with Crippen molar-refractivity contribution in [1.29, 1.82) is 0 Å². The number of fused-ring (bicyclic) bond motifs is 1. The summed E-state index contributed by atoms with van der Waals surface area (Å²) in [5.74, 6) is 1.23. The highest BCUT2D eigenvalue weighted by Crippen LogP contribution is 2.36. The Morgan fingerprint density at radius 3 is 2.43 bits per heavy atom. The molecule has 21 heavy (non-hydrogen) atoms. The Morgan fingerprint density at radius 1 is 1.10 bits per heavy atom. The summed E-state index contributed by atoms with van der Waals surface area (Å²) in [6.45, 7) is 2.73. The molecule has 0 bridgehead atoms. The lowest BCUT2D eigenvalue weighted by Crippen LogP contribution is -2.38. The molecule has 1 aromatic carbocycles. The predicted octanol–water partition coefficient (Wildman–Crippen LogP) is 3.26. The number of alkyl halides is 3. The zero-order valence-electron chi connectivity index (χ0n) is 11.9. The van der Waals surface area contributed by atoms with E-state index in [1.54, 1.807) is 12.1 Å². The quantitative estimate of drug-likeness (QED) is 0.908. The van der Waals surface area contributed by atoms with Gasteiger partial charge in [-0.2, -0.15) is 13.2 Å². The van der Waals surface area contributed by atoms with Crippen molar-refractivity contribution in [3.8, 4) is 0 Å². The van der Waals surface area contributed by atoms with Crippen LogP contribution in [0.5, 0.6) is 0 Å². The second-order valence-electron chi connectivity index (χ2n) is 6.41. The standard InChI is InChI=1S/C16H21F3N2/c17-16(18,19)13-6-4-11(5-7-13)8-21-9-12-2-1-3-15(20)14(12)10-21/h4-7,12,14-15H,1-3,8-10,20H2. The van der Waals surface area contributed by atoms with E-state index in [-0.39, 0.29) is 0 Å². The Bertz CT molecular complexity index is 483. The molecule has 0 radical (unpaired) electrons. The summed E-state index contributed by atoms with van der Waals surface area (Å²) in [4.78, 5) is 2.34. The number of rotatable bonds is 2. The number of nitrogens with zero attached hydrogens (tertiary/aromatic N) is 1. The summed E-state index contributed by atoms with van der Waals surface area (Å²) < 4.78 is 37.6. The molecule has 1 saturated carbocycles. The lowest BCUT2D eigenvalue weighted by atomic mass is 9.78. The fraction of sp³-hybridized carbons (Fsp3) is 0.625. The molecular weight excluding hydrogens is 277 g/mol. The van der Waals surface area contributed by atoms with Gasteiger partial charge in [-0.1, -0.05) is 18.6 Å². The fourth-order valence-corrected chi connectivity index (χ4v) is 3.80. The Hall–Kier alpha value is -1.07. The Morgan fingerprint density at radius 2 is 1.81 bits per heavy atom. The van der Waals surface area contributed by atoms with Crippen LogP contribution in [-0.2, 0) is 12.7 Å². The van der Waals surface area contributed by atoms with Gasteiger partial charge in [0, 0.05) is 25.7 Å². The molecule has 2 fully saturated rings. The summed E-state index contributed by atoms with van der Waals surface area (Å²) in [6, 6.07) is 5.81. The lowest BCUT2D eigenvalue weighted by Gasteiger charge is -2.29. The van der Waals surface area contributed by atoms with Crippen LogP contribution in [0.4, 0.5) is 13.2 Å². The van der Waals surface area contributed by atoms with Gasteiger partial charge < -0.3 is 5.73 Å². The summed E-state index contributed by atoms with van der Waals surface area (Å²) in [6.07, 6.45) is -0.707. The van der Waals surface area contributed by atoms with Crippen LogP contribution in [0.2, 0.25) is 0 Å². The maximum atomic E-state index is 12.5. The third-order valence-electron chi connectivity index (χ3n) is 4.92. The van der Waals surface area contributed by atoms with Crippen molar-refractivity contribution in [2.75, 3.05) is 13.1 Å². The summed E-state index contributed by atoms with van der Waals surface area (Å²) >= 11 is 0. The summed E-state index contributed by atoms with van der Waals surface area (Å²) in [5.41, 5.74) is 6.55. The van der Waals surface area contributed by atoms with Gasteiger partial charge in [0.15, 0.2) is 0 Å². The Labute approximate surface area is 123 Å². The molecule has 0 spiro atoms. The maximum Gasteiger partial charge on any atom is 0.416 e. The number of hydrogen-bond donors (Lipinski definition) is 1. The number of hydrogen-bond acceptors (Lipinski definition) is 2. The van der Waals surface area contributed by atoms with E-state index in [4.69, 9.17) is 5.73 Å². The minimum atomic E-state index is -4.26. The molecule has 3 atom stereocenters. The number of likely N-dealkylation sites (tertiary alicyclic amines) is 1. The normalized spacial score (nSPS) is 30.4. The molecule has 0 amide bonds. The average Bonchev–Trinajstić information content (AvgIpc) is 2.82. The van der Waals surface area contributed by atoms with E-state index in [1.807, 2.05) is 0 Å². The fourth-order valence-electron chi connectivity index (χ4n) is 3.80. The third-order valence-corrected chi connectivity index (χ3v) is 4.92. The number of nitrogens with two attached hydrogens (primary N) is 1. The van der Waals surface area contributed by atoms with Crippen molar-refractivity contribution < 1.29 is 13.2 Å². The average molecular weight is 298 g/mol. The van der Waals surface area contributed by atoms with Gasteiger partial charge in [0.25, 0.3) is 0 Å². The van der Waals surface area contributed by atoms with Crippen LogP contribution in [0.1, 0.15) is 30.4 Å². The van der Waals surface area contributed by atoms with Crippen molar-refractivity contribution in [2.45, 2.75) is 38.0 Å². The van der Waals surface area contributed by atoms with E-state index in [9.17, 15) is 13.2 Å². The summed E-state index contributed by atoms with van der Waals surface area (Å²) in [7, 11) is 0. The van der Waals surface area contributed by atoms with Gasteiger partial charge in [0.2, 0.25) is 0 Å². The van der Waals surface area contributed by atoms with Gasteiger partial charge >= 0.3 is 6.18 Å². The first-order chi connectivity index (χ1) is 9.93. The number of benzene rings is 1. The van der Waals surface area contributed by atoms with Crippen LogP contribution in [0.25, 0.3) is 0 Å². The van der Waals surface area contributed by atoms with Gasteiger partial charge in [-0.15, -0.1) is 0 Å². The molecule has 1 aromatic rings. The highest BCUT2D eigenvalue weighted by atomic mass is 19.4.